The van der Waals surface area contributed by atoms with Crippen molar-refractivity contribution in [3.8, 4) is 29.4 Å². The molecule has 136 valence electrons. The van der Waals surface area contributed by atoms with E-state index in [1.807, 2.05) is 54.6 Å². The zero-order valence-electron chi connectivity index (χ0n) is 15.7. The zero-order valence-corrected chi connectivity index (χ0v) is 15.7. The maximum atomic E-state index is 11.7. The van der Waals surface area contributed by atoms with Gasteiger partial charge in [-0.05, 0) is 54.6 Å². The van der Waals surface area contributed by atoms with Gasteiger partial charge < -0.3 is 9.47 Å². The van der Waals surface area contributed by atoms with Crippen LogP contribution in [0.15, 0.2) is 72.8 Å². The van der Waals surface area contributed by atoms with Gasteiger partial charge in [0.15, 0.2) is 0 Å². The lowest BCUT2D eigenvalue weighted by molar-refractivity contribution is 0.0597. The number of ether oxygens (including phenoxy) is 2. The van der Waals surface area contributed by atoms with E-state index in [9.17, 15) is 4.79 Å². The van der Waals surface area contributed by atoms with Crippen LogP contribution in [-0.2, 0) is 4.74 Å². The Kier molecular flexibility index (Phi) is 6.13. The summed E-state index contributed by atoms with van der Waals surface area (Å²) in [5.74, 6) is 12.5. The van der Waals surface area contributed by atoms with Gasteiger partial charge in [-0.3, -0.25) is 0 Å². The average Bonchev–Trinajstić information content (AvgIpc) is 2.77. The standard InChI is InChI=1S/C25H18O3/c1-27-24-18-22(16-17-23(24)25(26)28-2)15-14-21-12-10-20(11-13-21)9-8-19-6-4-3-5-7-19/h3-7,10-13,16-18H,1-2H3. The lowest BCUT2D eigenvalue weighted by Gasteiger charge is -2.06. The molecule has 3 rings (SSSR count). The molecule has 3 heteroatoms. The molecule has 0 aromatic heterocycles. The zero-order chi connectivity index (χ0) is 19.8. The summed E-state index contributed by atoms with van der Waals surface area (Å²) < 4.78 is 10.00. The summed E-state index contributed by atoms with van der Waals surface area (Å²) in [6, 6.07) is 22.8. The SMILES string of the molecule is COC(=O)c1ccc(C#Cc2ccc(C#Cc3ccccc3)cc2)cc1OC. The van der Waals surface area contributed by atoms with E-state index in [0.29, 0.717) is 11.3 Å². The maximum absolute atomic E-state index is 11.7. The number of esters is 1. The number of carbonyl (C=O) groups excluding carboxylic acids is 1. The highest BCUT2D eigenvalue weighted by Gasteiger charge is 2.12. The summed E-state index contributed by atoms with van der Waals surface area (Å²) in [5.41, 5.74) is 3.91. The highest BCUT2D eigenvalue weighted by atomic mass is 16.5. The van der Waals surface area contributed by atoms with E-state index in [0.717, 1.165) is 22.3 Å². The molecule has 3 nitrogen and oxygen atoms in total. The summed E-state index contributed by atoms with van der Waals surface area (Å²) in [5, 5.41) is 0. The van der Waals surface area contributed by atoms with Crippen LogP contribution in [0.2, 0.25) is 0 Å². The molecule has 0 amide bonds. The first-order valence-corrected chi connectivity index (χ1v) is 8.65. The van der Waals surface area contributed by atoms with Gasteiger partial charge in [0.2, 0.25) is 0 Å². The fourth-order valence-corrected chi connectivity index (χ4v) is 2.49. The van der Waals surface area contributed by atoms with Gasteiger partial charge in [0.25, 0.3) is 0 Å². The Hall–Kier alpha value is -3.95. The van der Waals surface area contributed by atoms with Crippen molar-refractivity contribution in [1.82, 2.24) is 0 Å². The molecule has 28 heavy (non-hydrogen) atoms. The Bertz CT molecular complexity index is 1090. The van der Waals surface area contributed by atoms with Crippen LogP contribution in [0.25, 0.3) is 0 Å². The van der Waals surface area contributed by atoms with Crippen molar-refractivity contribution in [2.45, 2.75) is 0 Å². The number of hydrogen-bond acceptors (Lipinski definition) is 3. The molecule has 0 aliphatic rings. The number of benzene rings is 3. The van der Waals surface area contributed by atoms with Crippen LogP contribution < -0.4 is 4.74 Å². The summed E-state index contributed by atoms with van der Waals surface area (Å²) in [7, 11) is 2.84. The van der Waals surface area contributed by atoms with E-state index in [4.69, 9.17) is 9.47 Å². The number of carbonyl (C=O) groups is 1. The van der Waals surface area contributed by atoms with Crippen LogP contribution in [0.5, 0.6) is 5.75 Å². The monoisotopic (exact) mass is 366 g/mol. The molecule has 0 aliphatic carbocycles. The lowest BCUT2D eigenvalue weighted by Crippen LogP contribution is -2.04. The molecule has 3 aromatic carbocycles. The molecular weight excluding hydrogens is 348 g/mol. The van der Waals surface area contributed by atoms with Crippen LogP contribution >= 0.6 is 0 Å². The Morgan fingerprint density at radius 2 is 1.18 bits per heavy atom. The lowest BCUT2D eigenvalue weighted by atomic mass is 10.1. The predicted octanol–water partition coefficient (Wildman–Crippen LogP) is 4.28. The van der Waals surface area contributed by atoms with Crippen molar-refractivity contribution in [2.75, 3.05) is 14.2 Å². The minimum absolute atomic E-state index is 0.372. The molecule has 0 aliphatic heterocycles. The smallest absolute Gasteiger partial charge is 0.341 e. The Morgan fingerprint density at radius 1 is 0.679 bits per heavy atom. The van der Waals surface area contributed by atoms with Gasteiger partial charge in [0.05, 0.1) is 14.2 Å². The molecule has 0 spiro atoms. The maximum Gasteiger partial charge on any atom is 0.341 e. The second kappa shape index (κ2) is 9.12. The van der Waals surface area contributed by atoms with Crippen molar-refractivity contribution < 1.29 is 14.3 Å². The Labute approximate surface area is 164 Å². The minimum Gasteiger partial charge on any atom is -0.496 e. The van der Waals surface area contributed by atoms with Crippen molar-refractivity contribution in [1.29, 1.82) is 0 Å². The molecule has 0 atom stereocenters. The van der Waals surface area contributed by atoms with Crippen LogP contribution in [0.4, 0.5) is 0 Å². The van der Waals surface area contributed by atoms with Gasteiger partial charge in [-0.15, -0.1) is 0 Å². The molecule has 0 bridgehead atoms. The quantitative estimate of drug-likeness (QED) is 0.502. The fraction of sp³-hybridized carbons (Fsp3) is 0.0800. The van der Waals surface area contributed by atoms with Crippen molar-refractivity contribution in [3.05, 3.63) is 101 Å². The van der Waals surface area contributed by atoms with Crippen molar-refractivity contribution >= 4 is 5.97 Å². The van der Waals surface area contributed by atoms with Crippen molar-refractivity contribution in [3.63, 3.8) is 0 Å². The summed E-state index contributed by atoms with van der Waals surface area (Å²) in [6.45, 7) is 0. The first kappa shape index (κ1) is 18.8. The van der Waals surface area contributed by atoms with Gasteiger partial charge in [-0.25, -0.2) is 4.79 Å². The molecule has 0 fully saturated rings. The number of methoxy groups -OCH3 is 2. The normalized spacial score (nSPS) is 9.36. The largest absolute Gasteiger partial charge is 0.496 e. The van der Waals surface area contributed by atoms with E-state index in [2.05, 4.69) is 23.7 Å². The average molecular weight is 366 g/mol. The van der Waals surface area contributed by atoms with Crippen LogP contribution in [0.1, 0.15) is 32.6 Å². The van der Waals surface area contributed by atoms with Gasteiger partial charge in [-0.2, -0.15) is 0 Å². The van der Waals surface area contributed by atoms with Crippen molar-refractivity contribution in [2.24, 2.45) is 0 Å². The van der Waals surface area contributed by atoms with E-state index < -0.39 is 5.97 Å². The van der Waals surface area contributed by atoms with Gasteiger partial charge >= 0.3 is 5.97 Å². The summed E-state index contributed by atoms with van der Waals surface area (Å²) in [4.78, 5) is 11.7. The number of rotatable bonds is 2. The van der Waals surface area contributed by atoms with Crippen LogP contribution in [0, 0.1) is 23.7 Å². The van der Waals surface area contributed by atoms with E-state index in [1.54, 1.807) is 18.2 Å². The highest BCUT2D eigenvalue weighted by molar-refractivity contribution is 5.92. The highest BCUT2D eigenvalue weighted by Crippen LogP contribution is 2.20. The predicted molar refractivity (Wildman–Crippen MR) is 109 cm³/mol. The number of hydrogen-bond donors (Lipinski definition) is 0. The van der Waals surface area contributed by atoms with Gasteiger partial charge in [-0.1, -0.05) is 41.9 Å². The third kappa shape index (κ3) is 4.81. The first-order valence-electron chi connectivity index (χ1n) is 8.65. The van der Waals surface area contributed by atoms with E-state index >= 15 is 0 Å². The molecule has 0 saturated carbocycles. The third-order valence-corrected chi connectivity index (χ3v) is 3.97. The molecular formula is C25H18O3. The molecule has 0 radical (unpaired) electrons. The Morgan fingerprint density at radius 3 is 1.71 bits per heavy atom. The van der Waals surface area contributed by atoms with Crippen LogP contribution in [0.3, 0.4) is 0 Å². The van der Waals surface area contributed by atoms with Gasteiger partial charge in [0, 0.05) is 22.3 Å². The molecule has 3 aromatic rings. The van der Waals surface area contributed by atoms with Gasteiger partial charge in [0.1, 0.15) is 11.3 Å². The molecule has 0 saturated heterocycles. The van der Waals surface area contributed by atoms with E-state index in [1.165, 1.54) is 14.2 Å². The molecule has 0 heterocycles. The topological polar surface area (TPSA) is 35.5 Å². The second-order valence-electron chi connectivity index (χ2n) is 5.85. The Balaban J connectivity index is 1.76. The van der Waals surface area contributed by atoms with E-state index in [-0.39, 0.29) is 0 Å². The summed E-state index contributed by atoms with van der Waals surface area (Å²) in [6.07, 6.45) is 0. The second-order valence-corrected chi connectivity index (χ2v) is 5.85. The molecule has 0 unspecified atom stereocenters. The molecule has 0 N–H and O–H groups in total. The fourth-order valence-electron chi connectivity index (χ4n) is 2.49. The minimum atomic E-state index is -0.441. The third-order valence-electron chi connectivity index (χ3n) is 3.97. The van der Waals surface area contributed by atoms with Crippen LogP contribution in [-0.4, -0.2) is 20.2 Å². The summed E-state index contributed by atoms with van der Waals surface area (Å²) >= 11 is 0. The first-order chi connectivity index (χ1) is 13.7.